The quantitative estimate of drug-likeness (QED) is 0.928. The zero-order valence-corrected chi connectivity index (χ0v) is 13.1. The Bertz CT molecular complexity index is 598. The van der Waals surface area contributed by atoms with E-state index in [2.05, 4.69) is 0 Å². The lowest BCUT2D eigenvalue weighted by Crippen LogP contribution is -2.62. The van der Waals surface area contributed by atoms with E-state index in [9.17, 15) is 18.7 Å². The highest BCUT2D eigenvalue weighted by atomic mass is 19.1. The fraction of sp³-hybridized carbons (Fsp3) is 0.588. The van der Waals surface area contributed by atoms with Gasteiger partial charge in [0.15, 0.2) is 0 Å². The summed E-state index contributed by atoms with van der Waals surface area (Å²) in [5, 5.41) is 10.2. The summed E-state index contributed by atoms with van der Waals surface area (Å²) in [5.74, 6) is -1.97. The van der Waals surface area contributed by atoms with Gasteiger partial charge in [-0.25, -0.2) is 8.78 Å². The Hall–Kier alpha value is -1.53. The predicted octanol–water partition coefficient (Wildman–Crippen LogP) is 2.36. The summed E-state index contributed by atoms with van der Waals surface area (Å²) in [4.78, 5) is 14.0. The number of halogens is 2. The molecule has 1 aliphatic heterocycles. The van der Waals surface area contributed by atoms with Gasteiger partial charge in [-0.1, -0.05) is 0 Å². The number of likely N-dealkylation sites (tertiary alicyclic amines) is 1. The van der Waals surface area contributed by atoms with Crippen LogP contribution in [0.15, 0.2) is 18.2 Å². The van der Waals surface area contributed by atoms with E-state index in [1.165, 1.54) is 6.07 Å². The van der Waals surface area contributed by atoms with Crippen molar-refractivity contribution >= 4 is 5.91 Å². The molecule has 2 atom stereocenters. The number of aliphatic hydroxyl groups is 1. The molecule has 0 bridgehead atoms. The SMILES string of the molecule is CCOC1CC(O)C12CCN(C(=O)c1ccc(F)cc1F)CC2. The van der Waals surface area contributed by atoms with Crippen molar-refractivity contribution in [1.82, 2.24) is 4.90 Å². The molecule has 1 N–H and O–H groups in total. The van der Waals surface area contributed by atoms with Crippen LogP contribution in [0.4, 0.5) is 8.78 Å². The lowest BCUT2D eigenvalue weighted by Gasteiger charge is -2.56. The fourth-order valence-corrected chi connectivity index (χ4v) is 3.78. The van der Waals surface area contributed by atoms with Gasteiger partial charge in [0.2, 0.25) is 0 Å². The largest absolute Gasteiger partial charge is 0.392 e. The maximum Gasteiger partial charge on any atom is 0.256 e. The smallest absolute Gasteiger partial charge is 0.256 e. The summed E-state index contributed by atoms with van der Waals surface area (Å²) in [6.45, 7) is 3.41. The number of benzene rings is 1. The maximum absolute atomic E-state index is 13.8. The molecule has 2 aliphatic rings. The van der Waals surface area contributed by atoms with Crippen LogP contribution >= 0.6 is 0 Å². The monoisotopic (exact) mass is 325 g/mol. The first-order valence-corrected chi connectivity index (χ1v) is 8.02. The lowest BCUT2D eigenvalue weighted by atomic mass is 9.58. The number of rotatable bonds is 3. The second-order valence-electron chi connectivity index (χ2n) is 6.35. The van der Waals surface area contributed by atoms with Crippen LogP contribution in [0, 0.1) is 17.0 Å². The van der Waals surface area contributed by atoms with E-state index in [0.29, 0.717) is 39.0 Å². The van der Waals surface area contributed by atoms with Gasteiger partial charge in [0, 0.05) is 37.6 Å². The van der Waals surface area contributed by atoms with Crippen molar-refractivity contribution in [2.75, 3.05) is 19.7 Å². The Morgan fingerprint density at radius 3 is 2.65 bits per heavy atom. The molecule has 126 valence electrons. The summed E-state index contributed by atoms with van der Waals surface area (Å²) >= 11 is 0. The lowest BCUT2D eigenvalue weighted by molar-refractivity contribution is -0.207. The third-order valence-corrected chi connectivity index (χ3v) is 5.25. The molecule has 0 aromatic heterocycles. The molecule has 1 aliphatic carbocycles. The molecular weight excluding hydrogens is 304 g/mol. The van der Waals surface area contributed by atoms with Crippen molar-refractivity contribution in [3.8, 4) is 0 Å². The highest BCUT2D eigenvalue weighted by Crippen LogP contribution is 2.51. The number of amides is 1. The maximum atomic E-state index is 13.8. The van der Waals surface area contributed by atoms with E-state index < -0.39 is 23.6 Å². The minimum absolute atomic E-state index is 0.0299. The number of hydrogen-bond donors (Lipinski definition) is 1. The van der Waals surface area contributed by atoms with Gasteiger partial charge in [-0.3, -0.25) is 4.79 Å². The van der Waals surface area contributed by atoms with E-state index in [0.717, 1.165) is 12.1 Å². The third-order valence-electron chi connectivity index (χ3n) is 5.25. The summed E-state index contributed by atoms with van der Waals surface area (Å²) in [7, 11) is 0. The van der Waals surface area contributed by atoms with Gasteiger partial charge in [-0.2, -0.15) is 0 Å². The van der Waals surface area contributed by atoms with Gasteiger partial charge in [0.05, 0.1) is 17.8 Å². The van der Waals surface area contributed by atoms with Crippen LogP contribution in [-0.4, -0.2) is 47.8 Å². The molecule has 1 saturated carbocycles. The summed E-state index contributed by atoms with van der Waals surface area (Å²) in [6.07, 6.45) is 1.52. The standard InChI is InChI=1S/C17H21F2NO3/c1-2-23-15-10-14(21)17(15)5-7-20(8-6-17)16(22)12-4-3-11(18)9-13(12)19/h3-4,9,14-15,21H,2,5-8,10H2,1H3. The Morgan fingerprint density at radius 2 is 2.09 bits per heavy atom. The first kappa shape index (κ1) is 16.3. The molecule has 1 spiro atoms. The molecule has 3 rings (SSSR count). The van der Waals surface area contributed by atoms with Crippen LogP contribution in [0.5, 0.6) is 0 Å². The minimum atomic E-state index is -0.842. The number of carbonyl (C=O) groups excluding carboxylic acids is 1. The molecule has 1 amide bonds. The first-order chi connectivity index (χ1) is 11.0. The first-order valence-electron chi connectivity index (χ1n) is 8.02. The summed E-state index contributed by atoms with van der Waals surface area (Å²) < 4.78 is 32.4. The van der Waals surface area contributed by atoms with Crippen molar-refractivity contribution in [2.24, 2.45) is 5.41 Å². The molecular formula is C17H21F2NO3. The van der Waals surface area contributed by atoms with E-state index in [-0.39, 0.29) is 17.1 Å². The zero-order chi connectivity index (χ0) is 16.6. The predicted molar refractivity (Wildman–Crippen MR) is 80.0 cm³/mol. The molecule has 1 heterocycles. The van der Waals surface area contributed by atoms with Crippen molar-refractivity contribution in [3.63, 3.8) is 0 Å². The Kier molecular flexibility index (Phi) is 4.38. The van der Waals surface area contributed by atoms with Gasteiger partial charge in [-0.05, 0) is 31.9 Å². The van der Waals surface area contributed by atoms with Crippen LogP contribution in [-0.2, 0) is 4.74 Å². The topological polar surface area (TPSA) is 49.8 Å². The summed E-state index contributed by atoms with van der Waals surface area (Å²) in [6, 6.07) is 2.99. The number of carbonyl (C=O) groups is 1. The van der Waals surface area contributed by atoms with Crippen LogP contribution in [0.2, 0.25) is 0 Å². The second kappa shape index (κ2) is 6.17. The van der Waals surface area contributed by atoms with E-state index >= 15 is 0 Å². The normalized spacial score (nSPS) is 26.2. The molecule has 23 heavy (non-hydrogen) atoms. The fourth-order valence-electron chi connectivity index (χ4n) is 3.78. The van der Waals surface area contributed by atoms with Gasteiger partial charge in [-0.15, -0.1) is 0 Å². The average Bonchev–Trinajstić information content (AvgIpc) is 2.54. The minimum Gasteiger partial charge on any atom is -0.392 e. The van der Waals surface area contributed by atoms with Crippen LogP contribution in [0.3, 0.4) is 0 Å². The van der Waals surface area contributed by atoms with Crippen molar-refractivity contribution in [2.45, 2.75) is 38.4 Å². The van der Waals surface area contributed by atoms with Crippen LogP contribution in [0.25, 0.3) is 0 Å². The van der Waals surface area contributed by atoms with Gasteiger partial charge in [0.1, 0.15) is 11.6 Å². The molecule has 1 aromatic rings. The Labute approximate surface area is 134 Å². The van der Waals surface area contributed by atoms with Crippen molar-refractivity contribution in [3.05, 3.63) is 35.4 Å². The molecule has 2 fully saturated rings. The second-order valence-corrected chi connectivity index (χ2v) is 6.35. The number of nitrogens with zero attached hydrogens (tertiary/aromatic N) is 1. The highest BCUT2D eigenvalue weighted by Gasteiger charge is 2.56. The number of hydrogen-bond acceptors (Lipinski definition) is 3. The van der Waals surface area contributed by atoms with E-state index in [1.54, 1.807) is 4.90 Å². The van der Waals surface area contributed by atoms with Gasteiger partial charge in [0.25, 0.3) is 5.91 Å². The zero-order valence-electron chi connectivity index (χ0n) is 13.1. The average molecular weight is 325 g/mol. The number of piperidine rings is 1. The van der Waals surface area contributed by atoms with Crippen molar-refractivity contribution < 1.29 is 23.4 Å². The molecule has 1 saturated heterocycles. The van der Waals surface area contributed by atoms with Crippen molar-refractivity contribution in [1.29, 1.82) is 0 Å². The highest BCUT2D eigenvalue weighted by molar-refractivity contribution is 5.94. The van der Waals surface area contributed by atoms with E-state index in [4.69, 9.17) is 4.74 Å². The number of ether oxygens (including phenoxy) is 1. The molecule has 1 aromatic carbocycles. The third kappa shape index (κ3) is 2.74. The molecule has 0 radical (unpaired) electrons. The van der Waals surface area contributed by atoms with Gasteiger partial charge >= 0.3 is 0 Å². The Morgan fingerprint density at radius 1 is 1.39 bits per heavy atom. The van der Waals surface area contributed by atoms with Gasteiger partial charge < -0.3 is 14.7 Å². The summed E-state index contributed by atoms with van der Waals surface area (Å²) in [5.41, 5.74) is -0.397. The molecule has 2 unspecified atom stereocenters. The molecule has 4 nitrogen and oxygen atoms in total. The van der Waals surface area contributed by atoms with Crippen LogP contribution in [0.1, 0.15) is 36.5 Å². The van der Waals surface area contributed by atoms with Crippen LogP contribution < -0.4 is 0 Å². The molecule has 6 heteroatoms. The Balaban J connectivity index is 1.68. The van der Waals surface area contributed by atoms with E-state index in [1.807, 2.05) is 6.92 Å². The number of aliphatic hydroxyl groups excluding tert-OH is 1.